The van der Waals surface area contributed by atoms with Crippen molar-refractivity contribution in [2.24, 2.45) is 10.9 Å². The molecule has 0 aromatic heterocycles. The van der Waals surface area contributed by atoms with Crippen molar-refractivity contribution in [2.75, 3.05) is 60.1 Å². The molecule has 0 aromatic carbocycles. The second-order valence-corrected chi connectivity index (χ2v) is 7.16. The third-order valence-electron chi connectivity index (χ3n) is 5.01. The first-order valence-electron chi connectivity index (χ1n) is 10.5. The summed E-state index contributed by atoms with van der Waals surface area (Å²) in [7, 11) is 3.90. The van der Waals surface area contributed by atoms with Gasteiger partial charge in [0.1, 0.15) is 0 Å². The highest BCUT2D eigenvalue weighted by Crippen LogP contribution is 2.30. The van der Waals surface area contributed by atoms with Crippen molar-refractivity contribution in [3.63, 3.8) is 0 Å². The number of nitrogens with zero attached hydrogens (tertiary/aromatic N) is 2. The molecule has 1 unspecified atom stereocenters. The van der Waals surface area contributed by atoms with Gasteiger partial charge in [-0.15, -0.1) is 24.0 Å². The minimum Gasteiger partial charge on any atom is -0.385 e. The third-order valence-corrected chi connectivity index (χ3v) is 5.01. The van der Waals surface area contributed by atoms with E-state index in [9.17, 15) is 0 Å². The fourth-order valence-electron chi connectivity index (χ4n) is 3.60. The summed E-state index contributed by atoms with van der Waals surface area (Å²) in [6.07, 6.45) is 7.83. The average molecular weight is 498 g/mol. The molecular weight excluding hydrogens is 455 g/mol. The highest BCUT2D eigenvalue weighted by atomic mass is 127. The maximum Gasteiger partial charge on any atom is 0.191 e. The lowest BCUT2D eigenvalue weighted by atomic mass is 9.98. The van der Waals surface area contributed by atoms with E-state index in [0.717, 1.165) is 70.7 Å². The molecule has 6 nitrogen and oxygen atoms in total. The number of aliphatic imine (C=N–C) groups is 1. The minimum atomic E-state index is 0. The number of halogens is 1. The van der Waals surface area contributed by atoms with Crippen LogP contribution in [0.25, 0.3) is 0 Å². The number of rotatable bonds is 14. The van der Waals surface area contributed by atoms with Crippen molar-refractivity contribution >= 4 is 29.9 Å². The van der Waals surface area contributed by atoms with Crippen LogP contribution in [0.15, 0.2) is 4.99 Å². The first-order valence-corrected chi connectivity index (χ1v) is 10.5. The molecule has 0 saturated heterocycles. The van der Waals surface area contributed by atoms with Gasteiger partial charge in [0.25, 0.3) is 0 Å². The lowest BCUT2D eigenvalue weighted by Gasteiger charge is -2.23. The number of likely N-dealkylation sites (N-methyl/N-ethyl adjacent to an activating group) is 1. The van der Waals surface area contributed by atoms with Gasteiger partial charge in [-0.05, 0) is 52.5 Å². The van der Waals surface area contributed by atoms with Gasteiger partial charge in [0, 0.05) is 53.0 Å². The Morgan fingerprint density at radius 3 is 2.56 bits per heavy atom. The normalized spacial score (nSPS) is 16.4. The SMILES string of the molecule is CCNC(=NCCC(OCC)C1CCCC1)NCCN(C)CCCOC.I. The monoisotopic (exact) mass is 498 g/mol. The molecule has 0 aliphatic heterocycles. The summed E-state index contributed by atoms with van der Waals surface area (Å²) in [5.41, 5.74) is 0. The molecule has 162 valence electrons. The molecule has 2 N–H and O–H groups in total. The van der Waals surface area contributed by atoms with Crippen LogP contribution in [0.2, 0.25) is 0 Å². The molecule has 0 amide bonds. The van der Waals surface area contributed by atoms with Crippen molar-refractivity contribution in [1.29, 1.82) is 0 Å². The smallest absolute Gasteiger partial charge is 0.191 e. The Kier molecular flexibility index (Phi) is 17.9. The number of methoxy groups -OCH3 is 1. The Morgan fingerprint density at radius 2 is 1.93 bits per heavy atom. The van der Waals surface area contributed by atoms with E-state index in [0.29, 0.717) is 6.10 Å². The summed E-state index contributed by atoms with van der Waals surface area (Å²) in [6.45, 7) is 10.5. The van der Waals surface area contributed by atoms with Gasteiger partial charge in [-0.2, -0.15) is 0 Å². The van der Waals surface area contributed by atoms with Crippen LogP contribution in [0.3, 0.4) is 0 Å². The maximum atomic E-state index is 6.00. The zero-order valence-electron chi connectivity index (χ0n) is 18.0. The van der Waals surface area contributed by atoms with Gasteiger partial charge in [-0.1, -0.05) is 12.8 Å². The van der Waals surface area contributed by atoms with Crippen LogP contribution in [0.5, 0.6) is 0 Å². The number of hydrogen-bond donors (Lipinski definition) is 2. The average Bonchev–Trinajstić information content (AvgIpc) is 3.15. The molecule has 27 heavy (non-hydrogen) atoms. The van der Waals surface area contributed by atoms with Gasteiger partial charge in [0.05, 0.1) is 6.10 Å². The van der Waals surface area contributed by atoms with Crippen molar-refractivity contribution < 1.29 is 9.47 Å². The molecular formula is C20H43IN4O2. The highest BCUT2D eigenvalue weighted by Gasteiger charge is 2.24. The van der Waals surface area contributed by atoms with E-state index in [4.69, 9.17) is 14.5 Å². The van der Waals surface area contributed by atoms with Crippen LogP contribution in [0.1, 0.15) is 52.4 Å². The van der Waals surface area contributed by atoms with Crippen LogP contribution in [0.4, 0.5) is 0 Å². The molecule has 1 rings (SSSR count). The number of nitrogens with one attached hydrogen (secondary N) is 2. The second-order valence-electron chi connectivity index (χ2n) is 7.16. The molecule has 0 aromatic rings. The molecule has 0 bridgehead atoms. The topological polar surface area (TPSA) is 58.1 Å². The summed E-state index contributed by atoms with van der Waals surface area (Å²) in [6, 6.07) is 0. The Balaban J connectivity index is 0.00000676. The summed E-state index contributed by atoms with van der Waals surface area (Å²) >= 11 is 0. The van der Waals surface area contributed by atoms with Gasteiger partial charge in [-0.3, -0.25) is 4.99 Å². The van der Waals surface area contributed by atoms with Crippen LogP contribution < -0.4 is 10.6 Å². The van der Waals surface area contributed by atoms with E-state index in [1.165, 1.54) is 25.7 Å². The van der Waals surface area contributed by atoms with Crippen LogP contribution in [-0.2, 0) is 9.47 Å². The van der Waals surface area contributed by atoms with Crippen molar-refractivity contribution in [3.05, 3.63) is 0 Å². The fourth-order valence-corrected chi connectivity index (χ4v) is 3.60. The Labute approximate surface area is 184 Å². The third kappa shape index (κ3) is 12.9. The molecule has 0 spiro atoms. The zero-order valence-corrected chi connectivity index (χ0v) is 20.3. The van der Waals surface area contributed by atoms with Crippen molar-refractivity contribution in [3.8, 4) is 0 Å². The first-order chi connectivity index (χ1) is 12.7. The molecule has 0 heterocycles. The van der Waals surface area contributed by atoms with E-state index in [2.05, 4.69) is 36.4 Å². The molecule has 1 saturated carbocycles. The van der Waals surface area contributed by atoms with Gasteiger partial charge >= 0.3 is 0 Å². The van der Waals surface area contributed by atoms with E-state index in [-0.39, 0.29) is 24.0 Å². The quantitative estimate of drug-likeness (QED) is 0.167. The Bertz CT molecular complexity index is 366. The summed E-state index contributed by atoms with van der Waals surface area (Å²) in [4.78, 5) is 7.08. The largest absolute Gasteiger partial charge is 0.385 e. The van der Waals surface area contributed by atoms with E-state index in [1.807, 2.05) is 0 Å². The Morgan fingerprint density at radius 1 is 1.19 bits per heavy atom. The predicted molar refractivity (Wildman–Crippen MR) is 125 cm³/mol. The van der Waals surface area contributed by atoms with E-state index in [1.54, 1.807) is 7.11 Å². The summed E-state index contributed by atoms with van der Waals surface area (Å²) in [5, 5.41) is 6.79. The molecule has 1 aliphatic rings. The van der Waals surface area contributed by atoms with E-state index < -0.39 is 0 Å². The first kappa shape index (κ1) is 26.9. The van der Waals surface area contributed by atoms with Gasteiger partial charge < -0.3 is 25.0 Å². The molecule has 0 radical (unpaired) electrons. The molecule has 1 fully saturated rings. The fraction of sp³-hybridized carbons (Fsp3) is 0.950. The Hall–Kier alpha value is -0.120. The lowest BCUT2D eigenvalue weighted by molar-refractivity contribution is 0.0177. The van der Waals surface area contributed by atoms with Crippen LogP contribution in [-0.4, -0.2) is 77.1 Å². The second kappa shape index (κ2) is 17.9. The molecule has 1 aliphatic carbocycles. The summed E-state index contributed by atoms with van der Waals surface area (Å²) in [5.74, 6) is 1.65. The number of hydrogen-bond acceptors (Lipinski definition) is 4. The molecule has 1 atom stereocenters. The van der Waals surface area contributed by atoms with Crippen LogP contribution in [0, 0.1) is 5.92 Å². The number of guanidine groups is 1. The lowest BCUT2D eigenvalue weighted by Crippen LogP contribution is -2.41. The highest BCUT2D eigenvalue weighted by molar-refractivity contribution is 14.0. The van der Waals surface area contributed by atoms with Crippen molar-refractivity contribution in [2.45, 2.75) is 58.5 Å². The van der Waals surface area contributed by atoms with Crippen molar-refractivity contribution in [1.82, 2.24) is 15.5 Å². The van der Waals surface area contributed by atoms with Gasteiger partial charge in [0.2, 0.25) is 0 Å². The van der Waals surface area contributed by atoms with Gasteiger partial charge in [0.15, 0.2) is 5.96 Å². The van der Waals surface area contributed by atoms with Gasteiger partial charge in [-0.25, -0.2) is 0 Å². The minimum absolute atomic E-state index is 0. The number of ether oxygens (including phenoxy) is 2. The maximum absolute atomic E-state index is 6.00. The molecule has 7 heteroatoms. The zero-order chi connectivity index (χ0) is 19.0. The van der Waals surface area contributed by atoms with E-state index >= 15 is 0 Å². The predicted octanol–water partition coefficient (Wildman–Crippen LogP) is 3.11. The standard InChI is InChI=1S/C20H42N4O2.HI/c1-5-21-20(23-14-16-24(3)15-9-17-25-4)22-13-12-19(26-6-2)18-10-7-8-11-18;/h18-19H,5-17H2,1-4H3,(H2,21,22,23);1H. The van der Waals surface area contributed by atoms with Crippen LogP contribution >= 0.6 is 24.0 Å². The summed E-state index contributed by atoms with van der Waals surface area (Å²) < 4.78 is 11.1.